The lowest BCUT2D eigenvalue weighted by molar-refractivity contribution is 0.0382. The number of benzene rings is 1. The minimum absolute atomic E-state index is 0.422. The van der Waals surface area contributed by atoms with Crippen molar-refractivity contribution in [2.75, 3.05) is 39.4 Å². The van der Waals surface area contributed by atoms with Gasteiger partial charge in [0.25, 0.3) is 0 Å². The Hall–Kier alpha value is -0.900. The number of hydrogen-bond donors (Lipinski definition) is 1. The molecule has 1 saturated heterocycles. The van der Waals surface area contributed by atoms with Gasteiger partial charge in [-0.1, -0.05) is 29.8 Å². The largest absolute Gasteiger partial charge is 0.379 e. The van der Waals surface area contributed by atoms with Gasteiger partial charge in [-0.3, -0.25) is 4.90 Å². The Balaban J connectivity index is 1.72. The molecule has 1 heterocycles. The highest BCUT2D eigenvalue weighted by Crippen LogP contribution is 2.13. The van der Waals surface area contributed by atoms with Crippen molar-refractivity contribution in [2.45, 2.75) is 19.9 Å². The Labute approximate surface area is 110 Å². The third-order valence-electron chi connectivity index (χ3n) is 3.52. The van der Waals surface area contributed by atoms with Crippen LogP contribution in [0.15, 0.2) is 24.3 Å². The van der Waals surface area contributed by atoms with E-state index in [1.807, 2.05) is 0 Å². The third kappa shape index (κ3) is 4.09. The molecule has 1 N–H and O–H groups in total. The first-order valence-electron chi connectivity index (χ1n) is 6.86. The Kier molecular flexibility index (Phi) is 5.17. The lowest BCUT2D eigenvalue weighted by Gasteiger charge is -2.27. The summed E-state index contributed by atoms with van der Waals surface area (Å²) >= 11 is 0. The molecule has 0 aliphatic carbocycles. The van der Waals surface area contributed by atoms with Crippen LogP contribution in [0.2, 0.25) is 0 Å². The molecule has 0 bridgehead atoms. The van der Waals surface area contributed by atoms with E-state index in [1.54, 1.807) is 0 Å². The van der Waals surface area contributed by atoms with Crippen molar-refractivity contribution < 1.29 is 4.74 Å². The van der Waals surface area contributed by atoms with Crippen molar-refractivity contribution in [3.05, 3.63) is 35.4 Å². The summed E-state index contributed by atoms with van der Waals surface area (Å²) in [5, 5.41) is 3.59. The molecule has 2 rings (SSSR count). The summed E-state index contributed by atoms with van der Waals surface area (Å²) < 4.78 is 5.35. The SMILES string of the molecule is Cc1cccc(C(C)NCCN2CCOCC2)c1. The zero-order valence-corrected chi connectivity index (χ0v) is 11.5. The molecule has 1 unspecified atom stereocenters. The first kappa shape index (κ1) is 13.5. The molecule has 0 aromatic heterocycles. The molecular formula is C15H24N2O. The minimum Gasteiger partial charge on any atom is -0.379 e. The molecule has 0 amide bonds. The van der Waals surface area contributed by atoms with Gasteiger partial charge in [-0.25, -0.2) is 0 Å². The van der Waals surface area contributed by atoms with Gasteiger partial charge in [0.2, 0.25) is 0 Å². The second kappa shape index (κ2) is 6.88. The van der Waals surface area contributed by atoms with E-state index < -0.39 is 0 Å². The number of rotatable bonds is 5. The summed E-state index contributed by atoms with van der Waals surface area (Å²) in [5.41, 5.74) is 2.70. The molecule has 1 aromatic rings. The Morgan fingerprint density at radius 1 is 1.33 bits per heavy atom. The van der Waals surface area contributed by atoms with Crippen LogP contribution in [0.3, 0.4) is 0 Å². The number of hydrogen-bond acceptors (Lipinski definition) is 3. The van der Waals surface area contributed by atoms with Gasteiger partial charge in [0.05, 0.1) is 13.2 Å². The van der Waals surface area contributed by atoms with Crippen molar-refractivity contribution >= 4 is 0 Å². The molecule has 1 atom stereocenters. The number of aryl methyl sites for hydroxylation is 1. The topological polar surface area (TPSA) is 24.5 Å². The van der Waals surface area contributed by atoms with Crippen LogP contribution in [0.25, 0.3) is 0 Å². The predicted molar refractivity (Wildman–Crippen MR) is 74.9 cm³/mol. The van der Waals surface area contributed by atoms with Crippen LogP contribution < -0.4 is 5.32 Å². The van der Waals surface area contributed by atoms with Gasteiger partial charge in [-0.05, 0) is 19.4 Å². The fourth-order valence-corrected chi connectivity index (χ4v) is 2.32. The molecule has 1 aliphatic heterocycles. The summed E-state index contributed by atoms with van der Waals surface area (Å²) in [6.07, 6.45) is 0. The molecular weight excluding hydrogens is 224 g/mol. The van der Waals surface area contributed by atoms with Crippen LogP contribution in [-0.4, -0.2) is 44.3 Å². The summed E-state index contributed by atoms with van der Waals surface area (Å²) in [4.78, 5) is 2.46. The fourth-order valence-electron chi connectivity index (χ4n) is 2.32. The van der Waals surface area contributed by atoms with Gasteiger partial charge in [-0.2, -0.15) is 0 Å². The second-order valence-electron chi connectivity index (χ2n) is 5.04. The van der Waals surface area contributed by atoms with Crippen molar-refractivity contribution in [2.24, 2.45) is 0 Å². The predicted octanol–water partition coefficient (Wildman–Crippen LogP) is 1.98. The zero-order valence-electron chi connectivity index (χ0n) is 11.5. The lowest BCUT2D eigenvalue weighted by atomic mass is 10.1. The van der Waals surface area contributed by atoms with Crippen molar-refractivity contribution in [3.8, 4) is 0 Å². The van der Waals surface area contributed by atoms with Gasteiger partial charge in [0.1, 0.15) is 0 Å². The van der Waals surface area contributed by atoms with E-state index >= 15 is 0 Å². The van der Waals surface area contributed by atoms with Crippen LogP contribution in [0.1, 0.15) is 24.1 Å². The molecule has 0 saturated carbocycles. The molecule has 100 valence electrons. The van der Waals surface area contributed by atoms with E-state index in [-0.39, 0.29) is 0 Å². The normalized spacial score (nSPS) is 18.8. The molecule has 0 spiro atoms. The van der Waals surface area contributed by atoms with Gasteiger partial charge < -0.3 is 10.1 Å². The van der Waals surface area contributed by atoms with Crippen molar-refractivity contribution in [3.63, 3.8) is 0 Å². The Bertz CT molecular complexity index is 361. The number of nitrogens with one attached hydrogen (secondary N) is 1. The summed E-state index contributed by atoms with van der Waals surface area (Å²) in [7, 11) is 0. The average Bonchev–Trinajstić information content (AvgIpc) is 2.40. The minimum atomic E-state index is 0.422. The van der Waals surface area contributed by atoms with Crippen molar-refractivity contribution in [1.82, 2.24) is 10.2 Å². The van der Waals surface area contributed by atoms with Crippen LogP contribution >= 0.6 is 0 Å². The number of nitrogens with zero attached hydrogens (tertiary/aromatic N) is 1. The number of ether oxygens (including phenoxy) is 1. The molecule has 1 aliphatic rings. The van der Waals surface area contributed by atoms with E-state index in [2.05, 4.69) is 48.3 Å². The monoisotopic (exact) mass is 248 g/mol. The second-order valence-corrected chi connectivity index (χ2v) is 5.04. The highest BCUT2D eigenvalue weighted by molar-refractivity contribution is 5.24. The van der Waals surface area contributed by atoms with Crippen LogP contribution in [-0.2, 0) is 4.74 Å². The maximum atomic E-state index is 5.35. The lowest BCUT2D eigenvalue weighted by Crippen LogP contribution is -2.40. The molecule has 3 nitrogen and oxygen atoms in total. The maximum absolute atomic E-state index is 5.35. The van der Waals surface area contributed by atoms with Crippen molar-refractivity contribution in [1.29, 1.82) is 0 Å². The Morgan fingerprint density at radius 3 is 2.83 bits per heavy atom. The van der Waals surface area contributed by atoms with Gasteiger partial charge >= 0.3 is 0 Å². The first-order chi connectivity index (χ1) is 8.75. The summed E-state index contributed by atoms with van der Waals surface area (Å²) in [6.45, 7) is 10.4. The first-order valence-corrected chi connectivity index (χ1v) is 6.86. The zero-order chi connectivity index (χ0) is 12.8. The van der Waals surface area contributed by atoms with E-state index in [0.717, 1.165) is 39.4 Å². The average molecular weight is 248 g/mol. The third-order valence-corrected chi connectivity index (χ3v) is 3.52. The molecule has 18 heavy (non-hydrogen) atoms. The molecule has 1 aromatic carbocycles. The highest BCUT2D eigenvalue weighted by Gasteiger charge is 2.10. The molecule has 1 fully saturated rings. The van der Waals surface area contributed by atoms with Gasteiger partial charge in [0.15, 0.2) is 0 Å². The van der Waals surface area contributed by atoms with Gasteiger partial charge in [-0.15, -0.1) is 0 Å². The van der Waals surface area contributed by atoms with Crippen LogP contribution in [0, 0.1) is 6.92 Å². The Morgan fingerprint density at radius 2 is 2.11 bits per heavy atom. The van der Waals surface area contributed by atoms with E-state index in [9.17, 15) is 0 Å². The molecule has 0 radical (unpaired) electrons. The van der Waals surface area contributed by atoms with E-state index in [1.165, 1.54) is 11.1 Å². The maximum Gasteiger partial charge on any atom is 0.0594 e. The summed E-state index contributed by atoms with van der Waals surface area (Å²) in [6, 6.07) is 9.14. The van der Waals surface area contributed by atoms with Crippen LogP contribution in [0.4, 0.5) is 0 Å². The fraction of sp³-hybridized carbons (Fsp3) is 0.600. The number of morpholine rings is 1. The van der Waals surface area contributed by atoms with E-state index in [4.69, 9.17) is 4.74 Å². The van der Waals surface area contributed by atoms with Gasteiger partial charge in [0, 0.05) is 32.2 Å². The summed E-state index contributed by atoms with van der Waals surface area (Å²) in [5.74, 6) is 0. The smallest absolute Gasteiger partial charge is 0.0594 e. The quantitative estimate of drug-likeness (QED) is 0.862. The highest BCUT2D eigenvalue weighted by atomic mass is 16.5. The van der Waals surface area contributed by atoms with Crippen LogP contribution in [0.5, 0.6) is 0 Å². The van der Waals surface area contributed by atoms with E-state index in [0.29, 0.717) is 6.04 Å². The molecule has 3 heteroatoms. The standard InChI is InChI=1S/C15H24N2O/c1-13-4-3-5-15(12-13)14(2)16-6-7-17-8-10-18-11-9-17/h3-5,12,14,16H,6-11H2,1-2H3.